The van der Waals surface area contributed by atoms with Gasteiger partial charge in [-0.05, 0) is 13.0 Å². The number of hydrogen-bond acceptors (Lipinski definition) is 9. The summed E-state index contributed by atoms with van der Waals surface area (Å²) in [7, 11) is 0. The van der Waals surface area contributed by atoms with E-state index in [2.05, 4.69) is 39.5 Å². The second kappa shape index (κ2) is 11.6. The van der Waals surface area contributed by atoms with Gasteiger partial charge in [0.05, 0.1) is 29.7 Å². The standard InChI is InChI=1S/C21H27N7O4S/c1-4-32-11-9-22-18-17-13-24-27(19(17)26-21(25-18)33-14(2)3)10-8-23-20(29)15-6-5-7-16(12-15)28(30)31/h5-7,12-14H,4,8-11H2,1-3H3,(H,23,29)(H,22,25,26). The molecule has 0 saturated heterocycles. The first-order valence-corrected chi connectivity index (χ1v) is 11.5. The van der Waals surface area contributed by atoms with Crippen LogP contribution in [0.5, 0.6) is 0 Å². The smallest absolute Gasteiger partial charge is 0.270 e. The van der Waals surface area contributed by atoms with E-state index in [4.69, 9.17) is 4.74 Å². The Kier molecular flexibility index (Phi) is 8.55. The summed E-state index contributed by atoms with van der Waals surface area (Å²) < 4.78 is 7.10. The summed E-state index contributed by atoms with van der Waals surface area (Å²) in [4.78, 5) is 32.1. The normalized spacial score (nSPS) is 11.2. The number of hydrogen-bond donors (Lipinski definition) is 2. The zero-order valence-electron chi connectivity index (χ0n) is 18.8. The summed E-state index contributed by atoms with van der Waals surface area (Å²) in [5, 5.41) is 23.1. The Hall–Kier alpha value is -3.25. The number of fused-ring (bicyclic) bond motifs is 1. The van der Waals surface area contributed by atoms with Crippen molar-refractivity contribution in [1.82, 2.24) is 25.1 Å². The van der Waals surface area contributed by atoms with Crippen LogP contribution in [-0.2, 0) is 11.3 Å². The molecule has 12 heteroatoms. The Balaban J connectivity index is 1.72. The minimum Gasteiger partial charge on any atom is -0.380 e. The Morgan fingerprint density at radius 1 is 1.30 bits per heavy atom. The summed E-state index contributed by atoms with van der Waals surface area (Å²) in [5.74, 6) is 0.300. The van der Waals surface area contributed by atoms with Crippen LogP contribution >= 0.6 is 11.8 Å². The van der Waals surface area contributed by atoms with E-state index in [1.807, 2.05) is 6.92 Å². The van der Waals surface area contributed by atoms with Gasteiger partial charge in [0, 0.05) is 42.6 Å². The van der Waals surface area contributed by atoms with Crippen LogP contribution in [-0.4, -0.2) is 62.1 Å². The molecule has 2 aromatic heterocycles. The van der Waals surface area contributed by atoms with Gasteiger partial charge in [-0.3, -0.25) is 14.9 Å². The topological polar surface area (TPSA) is 137 Å². The van der Waals surface area contributed by atoms with Gasteiger partial charge in [0.2, 0.25) is 0 Å². The minimum absolute atomic E-state index is 0.128. The molecule has 0 aliphatic heterocycles. The number of nitrogens with zero attached hydrogens (tertiary/aromatic N) is 5. The highest BCUT2D eigenvalue weighted by molar-refractivity contribution is 7.99. The Morgan fingerprint density at radius 3 is 2.85 bits per heavy atom. The number of amides is 1. The van der Waals surface area contributed by atoms with Crippen molar-refractivity contribution < 1.29 is 14.5 Å². The number of non-ortho nitro benzene ring substituents is 1. The molecule has 3 rings (SSSR count). The number of aromatic nitrogens is 4. The van der Waals surface area contributed by atoms with Crippen LogP contribution in [0.1, 0.15) is 31.1 Å². The number of benzene rings is 1. The van der Waals surface area contributed by atoms with Crippen molar-refractivity contribution in [2.45, 2.75) is 37.7 Å². The molecule has 0 bridgehead atoms. The zero-order chi connectivity index (χ0) is 23.8. The molecular formula is C21H27N7O4S. The predicted octanol–water partition coefficient (Wildman–Crippen LogP) is 3.11. The molecule has 0 atom stereocenters. The van der Waals surface area contributed by atoms with Crippen molar-refractivity contribution in [2.75, 3.05) is 31.6 Å². The van der Waals surface area contributed by atoms with Crippen molar-refractivity contribution in [3.8, 4) is 0 Å². The molecule has 1 amide bonds. The van der Waals surface area contributed by atoms with E-state index in [-0.39, 0.29) is 23.7 Å². The van der Waals surface area contributed by atoms with Gasteiger partial charge in [-0.1, -0.05) is 31.7 Å². The summed E-state index contributed by atoms with van der Waals surface area (Å²) >= 11 is 1.55. The lowest BCUT2D eigenvalue weighted by Gasteiger charge is -2.11. The monoisotopic (exact) mass is 473 g/mol. The van der Waals surface area contributed by atoms with E-state index in [1.165, 1.54) is 24.3 Å². The number of anilines is 1. The minimum atomic E-state index is -0.529. The van der Waals surface area contributed by atoms with Gasteiger partial charge in [-0.15, -0.1) is 0 Å². The molecule has 2 N–H and O–H groups in total. The second-order valence-corrected chi connectivity index (χ2v) is 8.86. The third-order valence-electron chi connectivity index (χ3n) is 4.49. The van der Waals surface area contributed by atoms with Crippen molar-refractivity contribution in [3.05, 3.63) is 46.1 Å². The van der Waals surface area contributed by atoms with Gasteiger partial charge in [-0.2, -0.15) is 5.10 Å². The number of carbonyl (C=O) groups is 1. The van der Waals surface area contributed by atoms with E-state index in [1.54, 1.807) is 22.6 Å². The van der Waals surface area contributed by atoms with E-state index >= 15 is 0 Å². The van der Waals surface area contributed by atoms with Gasteiger partial charge < -0.3 is 15.4 Å². The molecule has 0 aliphatic rings. The maximum atomic E-state index is 12.4. The zero-order valence-corrected chi connectivity index (χ0v) is 19.6. The van der Waals surface area contributed by atoms with Crippen molar-refractivity contribution in [2.24, 2.45) is 0 Å². The van der Waals surface area contributed by atoms with E-state index in [9.17, 15) is 14.9 Å². The molecule has 33 heavy (non-hydrogen) atoms. The van der Waals surface area contributed by atoms with Crippen LogP contribution < -0.4 is 10.6 Å². The number of nitro groups is 1. The Morgan fingerprint density at radius 2 is 2.12 bits per heavy atom. The molecule has 0 aliphatic carbocycles. The van der Waals surface area contributed by atoms with Gasteiger partial charge in [0.25, 0.3) is 11.6 Å². The molecule has 1 aromatic carbocycles. The van der Waals surface area contributed by atoms with Gasteiger partial charge in [0.15, 0.2) is 10.8 Å². The van der Waals surface area contributed by atoms with E-state index in [0.29, 0.717) is 48.2 Å². The second-order valence-electron chi connectivity index (χ2n) is 7.31. The summed E-state index contributed by atoms with van der Waals surface area (Å²) in [6, 6.07) is 5.62. The first-order chi connectivity index (χ1) is 15.9. The Bertz CT molecular complexity index is 1120. The highest BCUT2D eigenvalue weighted by Gasteiger charge is 2.15. The molecule has 11 nitrogen and oxygen atoms in total. The lowest BCUT2D eigenvalue weighted by Crippen LogP contribution is -2.27. The average molecular weight is 474 g/mol. The summed E-state index contributed by atoms with van der Waals surface area (Å²) in [6.07, 6.45) is 1.70. The van der Waals surface area contributed by atoms with Gasteiger partial charge in [-0.25, -0.2) is 14.6 Å². The van der Waals surface area contributed by atoms with Crippen molar-refractivity contribution >= 4 is 40.2 Å². The molecule has 0 radical (unpaired) electrons. The molecular weight excluding hydrogens is 446 g/mol. The first kappa shape index (κ1) is 24.4. The maximum Gasteiger partial charge on any atom is 0.270 e. The molecule has 176 valence electrons. The number of carbonyl (C=O) groups excluding carboxylic acids is 1. The highest BCUT2D eigenvalue weighted by Crippen LogP contribution is 2.26. The van der Waals surface area contributed by atoms with Crippen LogP contribution in [0.2, 0.25) is 0 Å². The number of rotatable bonds is 12. The van der Waals surface area contributed by atoms with Gasteiger partial charge >= 0.3 is 0 Å². The summed E-state index contributed by atoms with van der Waals surface area (Å²) in [5.41, 5.74) is 0.766. The molecule has 0 saturated carbocycles. The fourth-order valence-corrected chi connectivity index (χ4v) is 3.73. The van der Waals surface area contributed by atoms with Crippen LogP contribution in [0.4, 0.5) is 11.5 Å². The van der Waals surface area contributed by atoms with Gasteiger partial charge in [0.1, 0.15) is 5.82 Å². The molecule has 0 fully saturated rings. The molecule has 3 aromatic rings. The lowest BCUT2D eigenvalue weighted by atomic mass is 10.2. The third kappa shape index (κ3) is 6.62. The molecule has 0 unspecified atom stereocenters. The lowest BCUT2D eigenvalue weighted by molar-refractivity contribution is -0.384. The first-order valence-electron chi connectivity index (χ1n) is 10.6. The average Bonchev–Trinajstić information content (AvgIpc) is 3.19. The van der Waals surface area contributed by atoms with Crippen LogP contribution in [0.15, 0.2) is 35.6 Å². The number of nitrogens with one attached hydrogen (secondary N) is 2. The number of ether oxygens (including phenoxy) is 1. The number of thioether (sulfide) groups is 1. The Labute approximate surface area is 195 Å². The molecule has 0 spiro atoms. The van der Waals surface area contributed by atoms with Crippen molar-refractivity contribution in [3.63, 3.8) is 0 Å². The van der Waals surface area contributed by atoms with Crippen LogP contribution in [0.25, 0.3) is 11.0 Å². The third-order valence-corrected chi connectivity index (χ3v) is 5.35. The van der Waals surface area contributed by atoms with Crippen LogP contribution in [0, 0.1) is 10.1 Å². The molecule has 2 heterocycles. The van der Waals surface area contributed by atoms with E-state index < -0.39 is 4.92 Å². The summed E-state index contributed by atoms with van der Waals surface area (Å²) in [6.45, 7) is 8.57. The predicted molar refractivity (Wildman–Crippen MR) is 127 cm³/mol. The highest BCUT2D eigenvalue weighted by atomic mass is 32.2. The van der Waals surface area contributed by atoms with E-state index in [0.717, 1.165) is 5.39 Å². The van der Waals surface area contributed by atoms with Crippen LogP contribution in [0.3, 0.4) is 0 Å². The fourth-order valence-electron chi connectivity index (χ4n) is 3.02. The largest absolute Gasteiger partial charge is 0.380 e. The fraction of sp³-hybridized carbons (Fsp3) is 0.429. The quantitative estimate of drug-likeness (QED) is 0.134. The SMILES string of the molecule is CCOCCNc1nc(SC(C)C)nc2c1cnn2CCNC(=O)c1cccc([N+](=O)[O-])c1. The van der Waals surface area contributed by atoms with Crippen molar-refractivity contribution in [1.29, 1.82) is 0 Å². The maximum absolute atomic E-state index is 12.4. The number of nitro benzene ring substituents is 1.